The normalized spacial score (nSPS) is 18.8. The molecule has 1 aliphatic heterocycles. The van der Waals surface area contributed by atoms with Gasteiger partial charge < -0.3 is 5.32 Å². The summed E-state index contributed by atoms with van der Waals surface area (Å²) in [5.74, 6) is -0.0172. The highest BCUT2D eigenvalue weighted by atomic mass is 32.2. The van der Waals surface area contributed by atoms with Crippen molar-refractivity contribution in [3.63, 3.8) is 0 Å². The molecule has 0 saturated carbocycles. The topological polar surface area (TPSA) is 75.3 Å². The number of hydrogen-bond acceptors (Lipinski definition) is 4. The second-order valence-electron chi connectivity index (χ2n) is 6.49. The molecule has 2 aromatic rings. The van der Waals surface area contributed by atoms with E-state index in [0.717, 1.165) is 16.7 Å². The molecule has 3 rings (SSSR count). The third kappa shape index (κ3) is 4.08. The molecule has 1 fully saturated rings. The molecule has 2 atom stereocenters. The molecule has 25 heavy (non-hydrogen) atoms. The van der Waals surface area contributed by atoms with Gasteiger partial charge in [0, 0.05) is 12.8 Å². The molecule has 0 aliphatic carbocycles. The number of sulfone groups is 1. The van der Waals surface area contributed by atoms with E-state index in [0.29, 0.717) is 13.0 Å². The molecular weight excluding hydrogens is 336 g/mol. The Morgan fingerprint density at radius 1 is 1.12 bits per heavy atom. The second-order valence-corrected chi connectivity index (χ2v) is 8.50. The number of carbonyl (C=O) groups is 1. The zero-order valence-electron chi connectivity index (χ0n) is 14.3. The number of rotatable bonds is 5. The van der Waals surface area contributed by atoms with Crippen molar-refractivity contribution in [1.29, 1.82) is 0 Å². The van der Waals surface area contributed by atoms with E-state index < -0.39 is 9.84 Å². The van der Waals surface area contributed by atoms with Gasteiger partial charge in [-0.2, -0.15) is 0 Å². The summed E-state index contributed by atoms with van der Waals surface area (Å²) in [6, 6.07) is 14.4. The molecule has 0 bridgehead atoms. The highest BCUT2D eigenvalue weighted by molar-refractivity contribution is 7.90. The van der Waals surface area contributed by atoms with E-state index in [2.05, 4.69) is 10.6 Å². The number of nitrogens with one attached hydrogen (secondary N) is 2. The highest BCUT2D eigenvalue weighted by Crippen LogP contribution is 2.26. The van der Waals surface area contributed by atoms with Gasteiger partial charge >= 0.3 is 0 Å². The van der Waals surface area contributed by atoms with Crippen LogP contribution in [-0.4, -0.2) is 33.2 Å². The molecule has 0 spiro atoms. The lowest BCUT2D eigenvalue weighted by atomic mass is 9.96. The van der Waals surface area contributed by atoms with Crippen molar-refractivity contribution < 1.29 is 13.2 Å². The van der Waals surface area contributed by atoms with Gasteiger partial charge in [-0.1, -0.05) is 42.0 Å². The Kier molecular flexibility index (Phi) is 4.92. The zero-order chi connectivity index (χ0) is 18.0. The van der Waals surface area contributed by atoms with Crippen molar-refractivity contribution in [3.05, 3.63) is 65.2 Å². The molecule has 0 radical (unpaired) electrons. The summed E-state index contributed by atoms with van der Waals surface area (Å²) < 4.78 is 23.8. The van der Waals surface area contributed by atoms with Crippen molar-refractivity contribution >= 4 is 15.7 Å². The van der Waals surface area contributed by atoms with Gasteiger partial charge in [0.15, 0.2) is 9.84 Å². The quantitative estimate of drug-likeness (QED) is 0.857. The maximum Gasteiger partial charge on any atom is 0.237 e. The van der Waals surface area contributed by atoms with E-state index in [1.807, 2.05) is 37.3 Å². The number of benzene rings is 2. The highest BCUT2D eigenvalue weighted by Gasteiger charge is 2.28. The Morgan fingerprint density at radius 2 is 1.84 bits per heavy atom. The fraction of sp³-hybridized carbons (Fsp3) is 0.316. The van der Waals surface area contributed by atoms with Gasteiger partial charge in [0.25, 0.3) is 0 Å². The van der Waals surface area contributed by atoms with E-state index >= 15 is 0 Å². The lowest BCUT2D eigenvalue weighted by molar-refractivity contribution is -0.121. The van der Waals surface area contributed by atoms with Crippen LogP contribution in [0.15, 0.2) is 53.4 Å². The predicted molar refractivity (Wildman–Crippen MR) is 97.1 cm³/mol. The number of carbonyl (C=O) groups excluding carboxylic acids is 1. The van der Waals surface area contributed by atoms with Gasteiger partial charge in [-0.05, 0) is 36.6 Å². The van der Waals surface area contributed by atoms with Gasteiger partial charge in [0.05, 0.1) is 17.0 Å². The molecular formula is C19H22N2O3S. The van der Waals surface area contributed by atoms with Crippen molar-refractivity contribution in [2.75, 3.05) is 12.8 Å². The smallest absolute Gasteiger partial charge is 0.237 e. The van der Waals surface area contributed by atoms with Crippen LogP contribution in [0.25, 0.3) is 0 Å². The summed E-state index contributed by atoms with van der Waals surface area (Å²) in [6.07, 6.45) is 1.91. The van der Waals surface area contributed by atoms with Crippen LogP contribution in [0.2, 0.25) is 0 Å². The van der Waals surface area contributed by atoms with Gasteiger partial charge in [-0.3, -0.25) is 10.1 Å². The van der Waals surface area contributed by atoms with Crippen molar-refractivity contribution in [2.45, 2.75) is 30.3 Å². The lowest BCUT2D eigenvalue weighted by Gasteiger charge is -2.23. The van der Waals surface area contributed by atoms with Crippen LogP contribution in [0.5, 0.6) is 0 Å². The Balaban J connectivity index is 2.01. The lowest BCUT2D eigenvalue weighted by Crippen LogP contribution is -2.39. The zero-order valence-corrected chi connectivity index (χ0v) is 15.1. The molecule has 0 unspecified atom stereocenters. The van der Waals surface area contributed by atoms with Crippen molar-refractivity contribution in [1.82, 2.24) is 10.6 Å². The van der Waals surface area contributed by atoms with E-state index in [4.69, 9.17) is 0 Å². The summed E-state index contributed by atoms with van der Waals surface area (Å²) in [7, 11) is -3.29. The summed E-state index contributed by atoms with van der Waals surface area (Å²) in [6.45, 7) is 2.67. The van der Waals surface area contributed by atoms with Crippen LogP contribution in [0.3, 0.4) is 0 Å². The van der Waals surface area contributed by atoms with Crippen LogP contribution < -0.4 is 10.6 Å². The van der Waals surface area contributed by atoms with Crippen molar-refractivity contribution in [3.8, 4) is 0 Å². The predicted octanol–water partition coefficient (Wildman–Crippen LogP) is 1.97. The van der Waals surface area contributed by atoms with Gasteiger partial charge in [0.2, 0.25) is 5.91 Å². The van der Waals surface area contributed by atoms with Crippen LogP contribution in [0, 0.1) is 6.92 Å². The average molecular weight is 358 g/mol. The minimum atomic E-state index is -3.29. The Hall–Kier alpha value is -2.18. The third-order valence-corrected chi connectivity index (χ3v) is 5.56. The molecule has 1 aliphatic rings. The second kappa shape index (κ2) is 6.98. The van der Waals surface area contributed by atoms with Gasteiger partial charge in [0.1, 0.15) is 0 Å². The number of hydrogen-bond donors (Lipinski definition) is 2. The first-order valence-corrected chi connectivity index (χ1v) is 10.1. The molecule has 2 aromatic carbocycles. The molecule has 2 N–H and O–H groups in total. The molecule has 1 saturated heterocycles. The van der Waals surface area contributed by atoms with Crippen LogP contribution in [0.1, 0.15) is 29.2 Å². The van der Waals surface area contributed by atoms with Crippen LogP contribution in [-0.2, 0) is 14.6 Å². The Labute approximate surface area is 148 Å². The first-order chi connectivity index (χ1) is 11.8. The molecule has 0 aromatic heterocycles. The van der Waals surface area contributed by atoms with Crippen molar-refractivity contribution in [2.24, 2.45) is 0 Å². The summed E-state index contributed by atoms with van der Waals surface area (Å²) in [5.41, 5.74) is 2.97. The first-order valence-electron chi connectivity index (χ1n) is 8.25. The van der Waals surface area contributed by atoms with E-state index in [1.165, 1.54) is 6.26 Å². The number of aryl methyl sites for hydroxylation is 1. The SMILES string of the molecule is Cc1ccc([C@H](N[C@H]2CCNC2=O)c2cccc(S(C)(=O)=O)c2)cc1. The maximum absolute atomic E-state index is 12.0. The summed E-state index contributed by atoms with van der Waals surface area (Å²) in [4.78, 5) is 12.3. The van der Waals surface area contributed by atoms with E-state index in [9.17, 15) is 13.2 Å². The van der Waals surface area contributed by atoms with Gasteiger partial charge in [-0.15, -0.1) is 0 Å². The van der Waals surface area contributed by atoms with E-state index in [-0.39, 0.29) is 22.9 Å². The molecule has 1 heterocycles. The Morgan fingerprint density at radius 3 is 2.44 bits per heavy atom. The third-order valence-electron chi connectivity index (χ3n) is 4.45. The Bertz CT molecular complexity index is 876. The minimum Gasteiger partial charge on any atom is -0.355 e. The fourth-order valence-electron chi connectivity index (χ4n) is 3.02. The summed E-state index contributed by atoms with van der Waals surface area (Å²) in [5, 5.41) is 6.21. The largest absolute Gasteiger partial charge is 0.355 e. The molecule has 5 nitrogen and oxygen atoms in total. The standard InChI is InChI=1S/C19H22N2O3S/c1-13-6-8-14(9-7-13)18(21-17-10-11-20-19(17)22)15-4-3-5-16(12-15)25(2,23)24/h3-9,12,17-18,21H,10-11H2,1-2H3,(H,20,22)/t17-,18-/m0/s1. The number of amides is 1. The van der Waals surface area contributed by atoms with Crippen LogP contribution in [0.4, 0.5) is 0 Å². The first kappa shape index (κ1) is 17.6. The molecule has 6 heteroatoms. The van der Waals surface area contributed by atoms with Gasteiger partial charge in [-0.25, -0.2) is 8.42 Å². The molecule has 1 amide bonds. The van der Waals surface area contributed by atoms with E-state index in [1.54, 1.807) is 18.2 Å². The molecule has 132 valence electrons. The average Bonchev–Trinajstić information content (AvgIpc) is 2.98. The van der Waals surface area contributed by atoms with Crippen LogP contribution >= 0.6 is 0 Å². The maximum atomic E-state index is 12.0. The monoisotopic (exact) mass is 358 g/mol. The fourth-order valence-corrected chi connectivity index (χ4v) is 3.70. The summed E-state index contributed by atoms with van der Waals surface area (Å²) >= 11 is 0. The minimum absolute atomic E-state index is 0.0172.